The Hall–Kier alpha value is -1.49. The lowest BCUT2D eigenvalue weighted by Gasteiger charge is -2.08. The van der Waals surface area contributed by atoms with Gasteiger partial charge in [0.15, 0.2) is 0 Å². The van der Waals surface area contributed by atoms with E-state index in [4.69, 9.17) is 6.42 Å². The lowest BCUT2D eigenvalue weighted by molar-refractivity contribution is 0.577. The second-order valence-corrected chi connectivity index (χ2v) is 6.21. The van der Waals surface area contributed by atoms with E-state index in [0.29, 0.717) is 30.8 Å². The predicted octanol–water partition coefficient (Wildman–Crippen LogP) is 2.49. The molecule has 0 atom stereocenters. The molecule has 2 rings (SSSR count). The minimum atomic E-state index is -3.54. The molecule has 0 unspecified atom stereocenters. The average Bonchev–Trinajstić information content (AvgIpc) is 2.86. The normalized spacial score (nSPS) is 12.8. The van der Waals surface area contributed by atoms with Crippen molar-refractivity contribution in [2.24, 2.45) is 8.73 Å². The molecule has 0 spiro atoms. The molecule has 0 bridgehead atoms. The molecule has 0 radical (unpaired) electrons. The minimum Gasteiger partial charge on any atom is -0.211 e. The van der Waals surface area contributed by atoms with E-state index < -0.39 is 10.0 Å². The van der Waals surface area contributed by atoms with E-state index in [1.54, 1.807) is 12.1 Å². The fraction of sp³-hybridized carbons (Fsp3) is 0.333. The van der Waals surface area contributed by atoms with Crippen molar-refractivity contribution < 1.29 is 8.42 Å². The van der Waals surface area contributed by atoms with Crippen molar-refractivity contribution >= 4 is 32.8 Å². The highest BCUT2D eigenvalue weighted by Gasteiger charge is 2.21. The number of hydrogen-bond donors (Lipinski definition) is 1. The Kier molecular flexibility index (Phi) is 4.47. The summed E-state index contributed by atoms with van der Waals surface area (Å²) in [6.07, 6.45) is 7.32. The molecular weight excluding hydrogens is 282 g/mol. The zero-order valence-electron chi connectivity index (χ0n) is 10.2. The van der Waals surface area contributed by atoms with Crippen LogP contribution in [0.5, 0.6) is 0 Å². The van der Waals surface area contributed by atoms with Gasteiger partial charge in [-0.05, 0) is 25.0 Å². The second kappa shape index (κ2) is 6.10. The summed E-state index contributed by atoms with van der Waals surface area (Å²) in [4.78, 5) is 0.177. The van der Waals surface area contributed by atoms with Crippen LogP contribution in [0, 0.1) is 12.3 Å². The van der Waals surface area contributed by atoms with Crippen LogP contribution in [-0.2, 0) is 21.4 Å². The maximum absolute atomic E-state index is 12.2. The van der Waals surface area contributed by atoms with Crippen molar-refractivity contribution in [1.29, 1.82) is 0 Å². The van der Waals surface area contributed by atoms with Gasteiger partial charge in [-0.25, -0.2) is 13.1 Å². The fourth-order valence-electron chi connectivity index (χ4n) is 1.63. The standard InChI is InChI=1S/C12H13N3O2S2/c1-2-3-4-5-9-13-19(16,17)11-8-6-7-10-12(11)15-18-14-10/h1,6-8,13H,3-5,9H2. The lowest BCUT2D eigenvalue weighted by Crippen LogP contribution is -2.24. The van der Waals surface area contributed by atoms with Crippen molar-refractivity contribution in [2.45, 2.75) is 24.2 Å². The van der Waals surface area contributed by atoms with Crippen LogP contribution in [0.2, 0.25) is 0 Å². The summed E-state index contributed by atoms with van der Waals surface area (Å²) in [5.41, 5.74) is 1.02. The maximum Gasteiger partial charge on any atom is 0.242 e. The molecule has 7 heteroatoms. The number of terminal acetylenes is 1. The third-order valence-electron chi connectivity index (χ3n) is 2.58. The van der Waals surface area contributed by atoms with E-state index in [1.807, 2.05) is 0 Å². The average molecular weight is 295 g/mol. The fourth-order valence-corrected chi connectivity index (χ4v) is 3.47. The molecule has 0 saturated heterocycles. The maximum atomic E-state index is 12.2. The van der Waals surface area contributed by atoms with Gasteiger partial charge in [0.1, 0.15) is 16.3 Å². The van der Waals surface area contributed by atoms with Gasteiger partial charge < -0.3 is 0 Å². The third-order valence-corrected chi connectivity index (χ3v) is 4.61. The molecule has 0 aromatic heterocycles. The van der Waals surface area contributed by atoms with Crippen molar-refractivity contribution in [3.63, 3.8) is 0 Å². The van der Waals surface area contributed by atoms with Gasteiger partial charge in [-0.3, -0.25) is 0 Å². The number of hydrogen-bond acceptors (Lipinski definition) is 4. The highest BCUT2D eigenvalue weighted by Crippen LogP contribution is 2.37. The van der Waals surface area contributed by atoms with Crippen LogP contribution >= 0.6 is 0 Å². The van der Waals surface area contributed by atoms with Crippen LogP contribution in [-0.4, -0.2) is 15.0 Å². The van der Waals surface area contributed by atoms with Gasteiger partial charge in [0.25, 0.3) is 0 Å². The summed E-state index contributed by atoms with van der Waals surface area (Å²) in [6, 6.07) is 4.94. The number of nitrogens with one attached hydrogen (secondary N) is 1. The monoisotopic (exact) mass is 295 g/mol. The zero-order valence-corrected chi connectivity index (χ0v) is 11.8. The Balaban J connectivity index is 2.07. The summed E-state index contributed by atoms with van der Waals surface area (Å²) >= 11 is 1.00. The first kappa shape index (κ1) is 13.9. The van der Waals surface area contributed by atoms with Gasteiger partial charge >= 0.3 is 0 Å². The van der Waals surface area contributed by atoms with Gasteiger partial charge in [-0.15, -0.1) is 12.3 Å². The molecular formula is C12H13N3O2S2. The summed E-state index contributed by atoms with van der Waals surface area (Å²) in [5.74, 6) is 2.52. The van der Waals surface area contributed by atoms with Gasteiger partial charge in [0.05, 0.1) is 11.4 Å². The molecule has 1 aliphatic heterocycles. The van der Waals surface area contributed by atoms with Crippen LogP contribution in [0.15, 0.2) is 31.8 Å². The lowest BCUT2D eigenvalue weighted by atomic mass is 10.2. The molecule has 0 amide bonds. The van der Waals surface area contributed by atoms with E-state index in [2.05, 4.69) is 19.4 Å². The van der Waals surface area contributed by atoms with E-state index in [9.17, 15) is 8.42 Å². The largest absolute Gasteiger partial charge is 0.242 e. The second-order valence-electron chi connectivity index (χ2n) is 3.95. The van der Waals surface area contributed by atoms with Gasteiger partial charge in [-0.2, -0.15) is 8.73 Å². The number of nitrogens with zero attached hydrogens (tertiary/aromatic N) is 2. The molecule has 100 valence electrons. The Labute approximate surface area is 116 Å². The zero-order chi connectivity index (χ0) is 13.7. The van der Waals surface area contributed by atoms with Crippen LogP contribution in [0.1, 0.15) is 19.3 Å². The van der Waals surface area contributed by atoms with Crippen molar-refractivity contribution in [3.05, 3.63) is 18.2 Å². The van der Waals surface area contributed by atoms with Crippen LogP contribution in [0.25, 0.3) is 0 Å². The Morgan fingerprint density at radius 3 is 2.95 bits per heavy atom. The van der Waals surface area contributed by atoms with Gasteiger partial charge in [0, 0.05) is 13.0 Å². The third kappa shape index (κ3) is 3.29. The van der Waals surface area contributed by atoms with E-state index >= 15 is 0 Å². The van der Waals surface area contributed by atoms with Crippen LogP contribution < -0.4 is 4.72 Å². The van der Waals surface area contributed by atoms with E-state index in [0.717, 1.165) is 17.8 Å². The Morgan fingerprint density at radius 2 is 2.16 bits per heavy atom. The highest BCUT2D eigenvalue weighted by atomic mass is 32.2. The van der Waals surface area contributed by atoms with Crippen LogP contribution in [0.4, 0.5) is 11.4 Å². The summed E-state index contributed by atoms with van der Waals surface area (Å²) < 4.78 is 34.9. The molecule has 1 aromatic carbocycles. The topological polar surface area (TPSA) is 70.9 Å². The molecule has 0 saturated carbocycles. The molecule has 1 aromatic rings. The molecule has 19 heavy (non-hydrogen) atoms. The molecule has 1 heterocycles. The predicted molar refractivity (Wildman–Crippen MR) is 75.9 cm³/mol. The van der Waals surface area contributed by atoms with Crippen LogP contribution in [0.3, 0.4) is 0 Å². The van der Waals surface area contributed by atoms with Gasteiger partial charge in [0.2, 0.25) is 10.0 Å². The molecule has 0 fully saturated rings. The number of fused-ring (bicyclic) bond motifs is 1. The minimum absolute atomic E-state index is 0.177. The number of rotatable bonds is 6. The van der Waals surface area contributed by atoms with E-state index in [-0.39, 0.29) is 4.90 Å². The first-order valence-electron chi connectivity index (χ1n) is 5.79. The summed E-state index contributed by atoms with van der Waals surface area (Å²) in [7, 11) is -3.54. The highest BCUT2D eigenvalue weighted by molar-refractivity contribution is 7.89. The molecule has 1 N–H and O–H groups in total. The van der Waals surface area contributed by atoms with Crippen molar-refractivity contribution in [1.82, 2.24) is 4.72 Å². The Morgan fingerprint density at radius 1 is 1.32 bits per heavy atom. The molecule has 1 aliphatic rings. The Bertz CT molecular complexity index is 683. The first-order valence-corrected chi connectivity index (χ1v) is 8.01. The number of benzene rings is 1. The number of unbranched alkanes of at least 4 members (excludes halogenated alkanes) is 2. The molecule has 5 nitrogen and oxygen atoms in total. The smallest absolute Gasteiger partial charge is 0.211 e. The number of sulfonamides is 1. The van der Waals surface area contributed by atoms with E-state index in [1.165, 1.54) is 6.07 Å². The van der Waals surface area contributed by atoms with Gasteiger partial charge in [-0.1, -0.05) is 6.07 Å². The summed E-state index contributed by atoms with van der Waals surface area (Å²) in [5, 5.41) is 0. The quantitative estimate of drug-likeness (QED) is 0.657. The molecule has 0 aliphatic carbocycles. The van der Waals surface area contributed by atoms with Crippen molar-refractivity contribution in [3.8, 4) is 12.3 Å². The van der Waals surface area contributed by atoms with Crippen molar-refractivity contribution in [2.75, 3.05) is 6.54 Å². The SMILES string of the molecule is C#CCCCCNS(=O)(=O)c1cccc2c1N=S=N2. The summed E-state index contributed by atoms with van der Waals surface area (Å²) in [6.45, 7) is 0.373. The first-order chi connectivity index (χ1) is 9.15.